The molecule has 1 aliphatic carbocycles. The second-order valence-electron chi connectivity index (χ2n) is 4.91. The number of aliphatic hydroxyl groups is 1. The highest BCUT2D eigenvalue weighted by molar-refractivity contribution is 7.15. The van der Waals surface area contributed by atoms with Crippen LogP contribution in [0, 0.1) is 0 Å². The molecule has 18 heavy (non-hydrogen) atoms. The fraction of sp³-hybridized carbons (Fsp3) is 0.667. The van der Waals surface area contributed by atoms with E-state index in [1.165, 1.54) is 17.7 Å². The van der Waals surface area contributed by atoms with Gasteiger partial charge in [0, 0.05) is 18.0 Å². The number of anilines is 1. The Morgan fingerprint density at radius 2 is 2.28 bits per heavy atom. The molecule has 2 heterocycles. The van der Waals surface area contributed by atoms with Crippen molar-refractivity contribution in [3.05, 3.63) is 10.6 Å². The molecule has 1 atom stereocenters. The Bertz CT molecular complexity index is 437. The molecule has 1 aromatic heterocycles. The zero-order valence-electron chi connectivity index (χ0n) is 10.2. The molecule has 0 radical (unpaired) electrons. The lowest BCUT2D eigenvalue weighted by Crippen LogP contribution is -2.33. The SMILES string of the molecule is O=C(Nc1nc2c(s1)CCCC2)N1CC[C@@H](O)C1. The molecule has 6 heteroatoms. The van der Waals surface area contributed by atoms with E-state index in [2.05, 4.69) is 10.3 Å². The van der Waals surface area contributed by atoms with Gasteiger partial charge in [0.2, 0.25) is 0 Å². The molecule has 0 aromatic carbocycles. The van der Waals surface area contributed by atoms with Crippen LogP contribution in [0.3, 0.4) is 0 Å². The lowest BCUT2D eigenvalue weighted by molar-refractivity contribution is 0.176. The van der Waals surface area contributed by atoms with E-state index in [0.29, 0.717) is 24.6 Å². The zero-order chi connectivity index (χ0) is 12.5. The van der Waals surface area contributed by atoms with Gasteiger partial charge in [-0.25, -0.2) is 9.78 Å². The van der Waals surface area contributed by atoms with E-state index < -0.39 is 0 Å². The van der Waals surface area contributed by atoms with Crippen LogP contribution in [0.1, 0.15) is 29.8 Å². The summed E-state index contributed by atoms with van der Waals surface area (Å²) in [4.78, 5) is 19.4. The molecule has 2 amide bonds. The summed E-state index contributed by atoms with van der Waals surface area (Å²) in [5, 5.41) is 13.0. The van der Waals surface area contributed by atoms with Gasteiger partial charge in [0.15, 0.2) is 5.13 Å². The highest BCUT2D eigenvalue weighted by atomic mass is 32.1. The van der Waals surface area contributed by atoms with Crippen molar-refractivity contribution in [2.24, 2.45) is 0 Å². The van der Waals surface area contributed by atoms with Crippen molar-refractivity contribution in [3.63, 3.8) is 0 Å². The Kier molecular flexibility index (Phi) is 3.22. The number of likely N-dealkylation sites (tertiary alicyclic amines) is 1. The van der Waals surface area contributed by atoms with Crippen LogP contribution in [-0.2, 0) is 12.8 Å². The maximum atomic E-state index is 11.9. The molecule has 5 nitrogen and oxygen atoms in total. The molecule has 1 saturated heterocycles. The van der Waals surface area contributed by atoms with Crippen LogP contribution in [0.25, 0.3) is 0 Å². The molecule has 98 valence electrons. The van der Waals surface area contributed by atoms with Gasteiger partial charge in [-0.3, -0.25) is 5.32 Å². The van der Waals surface area contributed by atoms with E-state index in [1.54, 1.807) is 16.2 Å². The number of amides is 2. The summed E-state index contributed by atoms with van der Waals surface area (Å²) in [5.74, 6) is 0. The van der Waals surface area contributed by atoms with Crippen LogP contribution in [0.15, 0.2) is 0 Å². The number of urea groups is 1. The molecule has 2 aliphatic rings. The van der Waals surface area contributed by atoms with Gasteiger partial charge in [-0.1, -0.05) is 0 Å². The fourth-order valence-corrected chi connectivity index (χ4v) is 3.54. The number of rotatable bonds is 1. The van der Waals surface area contributed by atoms with Crippen molar-refractivity contribution >= 4 is 22.5 Å². The van der Waals surface area contributed by atoms with Crippen LogP contribution < -0.4 is 5.32 Å². The van der Waals surface area contributed by atoms with Gasteiger partial charge in [-0.15, -0.1) is 11.3 Å². The molecule has 1 fully saturated rings. The van der Waals surface area contributed by atoms with E-state index in [1.807, 2.05) is 0 Å². The molecule has 1 aromatic rings. The van der Waals surface area contributed by atoms with Gasteiger partial charge in [0.1, 0.15) is 0 Å². The largest absolute Gasteiger partial charge is 0.391 e. The summed E-state index contributed by atoms with van der Waals surface area (Å²) in [6.07, 6.45) is 4.83. The number of fused-ring (bicyclic) bond motifs is 1. The minimum atomic E-state index is -0.375. The van der Waals surface area contributed by atoms with Crippen LogP contribution >= 0.6 is 11.3 Å². The number of aryl methyl sites for hydroxylation is 2. The van der Waals surface area contributed by atoms with Crippen molar-refractivity contribution in [3.8, 4) is 0 Å². The van der Waals surface area contributed by atoms with E-state index in [9.17, 15) is 9.90 Å². The second kappa shape index (κ2) is 4.85. The quantitative estimate of drug-likeness (QED) is 0.812. The Morgan fingerprint density at radius 3 is 3.00 bits per heavy atom. The number of nitrogens with one attached hydrogen (secondary N) is 1. The predicted octanol–water partition coefficient (Wildman–Crippen LogP) is 1.62. The second-order valence-corrected chi connectivity index (χ2v) is 6.00. The van der Waals surface area contributed by atoms with Crippen LogP contribution in [0.5, 0.6) is 0 Å². The fourth-order valence-electron chi connectivity index (χ4n) is 2.50. The maximum Gasteiger partial charge on any atom is 0.323 e. The number of nitrogens with zero attached hydrogens (tertiary/aromatic N) is 2. The van der Waals surface area contributed by atoms with Gasteiger partial charge >= 0.3 is 6.03 Å². The van der Waals surface area contributed by atoms with Gasteiger partial charge in [-0.2, -0.15) is 0 Å². The van der Waals surface area contributed by atoms with E-state index in [4.69, 9.17) is 0 Å². The summed E-state index contributed by atoms with van der Waals surface area (Å²) >= 11 is 1.59. The molecule has 2 N–H and O–H groups in total. The number of hydrogen-bond acceptors (Lipinski definition) is 4. The summed E-state index contributed by atoms with van der Waals surface area (Å²) in [5.41, 5.74) is 1.16. The number of aliphatic hydroxyl groups excluding tert-OH is 1. The summed E-state index contributed by atoms with van der Waals surface area (Å²) in [6, 6.07) is -0.141. The monoisotopic (exact) mass is 267 g/mol. The first-order valence-electron chi connectivity index (χ1n) is 6.45. The van der Waals surface area contributed by atoms with Crippen LogP contribution in [-0.4, -0.2) is 40.2 Å². The normalized spacial score (nSPS) is 22.9. The third-order valence-corrected chi connectivity index (χ3v) is 4.58. The molecule has 1 aliphatic heterocycles. The molecule has 0 unspecified atom stereocenters. The third-order valence-electron chi connectivity index (χ3n) is 3.51. The van der Waals surface area contributed by atoms with Crippen LogP contribution in [0.2, 0.25) is 0 Å². The minimum absolute atomic E-state index is 0.141. The first-order chi connectivity index (χ1) is 8.72. The molecular formula is C12H17N3O2S. The lowest BCUT2D eigenvalue weighted by atomic mass is 10.0. The highest BCUT2D eigenvalue weighted by Crippen LogP contribution is 2.29. The van der Waals surface area contributed by atoms with Crippen molar-refractivity contribution in [1.82, 2.24) is 9.88 Å². The Morgan fingerprint density at radius 1 is 1.44 bits per heavy atom. The van der Waals surface area contributed by atoms with E-state index in [-0.39, 0.29) is 12.1 Å². The van der Waals surface area contributed by atoms with Crippen molar-refractivity contribution in [1.29, 1.82) is 0 Å². The maximum absolute atomic E-state index is 11.9. The molecule has 3 rings (SSSR count). The average Bonchev–Trinajstić information content (AvgIpc) is 2.94. The van der Waals surface area contributed by atoms with Gasteiger partial charge in [-0.05, 0) is 32.1 Å². The van der Waals surface area contributed by atoms with Gasteiger partial charge in [0.05, 0.1) is 11.8 Å². The Hall–Kier alpha value is -1.14. The average molecular weight is 267 g/mol. The zero-order valence-corrected chi connectivity index (χ0v) is 11.0. The Balaban J connectivity index is 1.65. The standard InChI is InChI=1S/C12H17N3O2S/c16-8-5-6-15(7-8)12(17)14-11-13-9-3-1-2-4-10(9)18-11/h8,16H,1-7H2,(H,13,14,17)/t8-/m1/s1. The number of carbonyl (C=O) groups excluding carboxylic acids is 1. The Labute approximate surface area is 110 Å². The smallest absolute Gasteiger partial charge is 0.323 e. The first kappa shape index (κ1) is 11.9. The summed E-state index contributed by atoms with van der Waals surface area (Å²) in [6.45, 7) is 1.05. The van der Waals surface area contributed by atoms with Crippen LogP contribution in [0.4, 0.5) is 9.93 Å². The lowest BCUT2D eigenvalue weighted by Gasteiger charge is -2.14. The van der Waals surface area contributed by atoms with Crippen molar-refractivity contribution in [2.75, 3.05) is 18.4 Å². The topological polar surface area (TPSA) is 65.5 Å². The van der Waals surface area contributed by atoms with E-state index in [0.717, 1.165) is 18.5 Å². The molecule has 0 spiro atoms. The third kappa shape index (κ3) is 2.35. The van der Waals surface area contributed by atoms with Crippen molar-refractivity contribution < 1.29 is 9.90 Å². The molecule has 0 saturated carbocycles. The number of aromatic nitrogens is 1. The minimum Gasteiger partial charge on any atom is -0.391 e. The number of hydrogen-bond donors (Lipinski definition) is 2. The predicted molar refractivity (Wildman–Crippen MR) is 70.0 cm³/mol. The molecular weight excluding hydrogens is 250 g/mol. The summed E-state index contributed by atoms with van der Waals surface area (Å²) in [7, 11) is 0. The molecule has 0 bridgehead atoms. The number of β-amino-alcohol motifs (C(OH)–C–C–N with tert-alkyl or cyclic N) is 1. The number of thiazole rings is 1. The first-order valence-corrected chi connectivity index (χ1v) is 7.26. The number of carbonyl (C=O) groups is 1. The van der Waals surface area contributed by atoms with Crippen molar-refractivity contribution in [2.45, 2.75) is 38.2 Å². The van der Waals surface area contributed by atoms with Gasteiger partial charge in [0.25, 0.3) is 0 Å². The van der Waals surface area contributed by atoms with E-state index >= 15 is 0 Å². The highest BCUT2D eigenvalue weighted by Gasteiger charge is 2.25. The van der Waals surface area contributed by atoms with Gasteiger partial charge < -0.3 is 10.0 Å². The summed E-state index contributed by atoms with van der Waals surface area (Å²) < 4.78 is 0.